The molecule has 1 heterocycles. The summed E-state index contributed by atoms with van der Waals surface area (Å²) < 4.78 is 0. The highest BCUT2D eigenvalue weighted by Crippen LogP contribution is 2.28. The van der Waals surface area contributed by atoms with Gasteiger partial charge in [-0.15, -0.1) is 0 Å². The van der Waals surface area contributed by atoms with E-state index in [1.54, 1.807) is 30.6 Å². The number of rotatable bonds is 2. The van der Waals surface area contributed by atoms with Crippen molar-refractivity contribution in [2.24, 2.45) is 0 Å². The van der Waals surface area contributed by atoms with Crippen molar-refractivity contribution in [3.05, 3.63) is 52.0 Å². The van der Waals surface area contributed by atoms with Gasteiger partial charge in [-0.3, -0.25) is 0 Å². The minimum absolute atomic E-state index is 0.436. The van der Waals surface area contributed by atoms with Crippen LogP contribution in [-0.4, -0.2) is 9.97 Å². The van der Waals surface area contributed by atoms with Gasteiger partial charge in [0.25, 0.3) is 0 Å². The van der Waals surface area contributed by atoms with E-state index in [1.807, 2.05) is 0 Å². The van der Waals surface area contributed by atoms with Crippen LogP contribution in [0.15, 0.2) is 30.6 Å². The topological polar surface area (TPSA) is 52.5 Å². The summed E-state index contributed by atoms with van der Waals surface area (Å²) in [5, 5.41) is 10.0. The van der Waals surface area contributed by atoms with Crippen molar-refractivity contribution in [1.82, 2.24) is 9.97 Å². The molecule has 1 N–H and O–H groups in total. The van der Waals surface area contributed by atoms with E-state index in [0.29, 0.717) is 15.9 Å². The molecule has 0 spiro atoms. The van der Waals surface area contributed by atoms with Crippen LogP contribution in [0.2, 0.25) is 10.0 Å². The summed E-state index contributed by atoms with van der Waals surface area (Å²) in [6.45, 7) is 0. The maximum absolute atomic E-state index is 9.13. The number of H-pyrrole nitrogens is 1. The van der Waals surface area contributed by atoms with E-state index in [2.05, 4.69) is 16.0 Å². The van der Waals surface area contributed by atoms with E-state index in [0.717, 1.165) is 5.56 Å². The number of nitrogens with one attached hydrogen (secondary N) is 1. The minimum atomic E-state index is -0.454. The predicted molar refractivity (Wildman–Crippen MR) is 62.5 cm³/mol. The van der Waals surface area contributed by atoms with Crippen molar-refractivity contribution >= 4 is 23.2 Å². The molecule has 2 aromatic rings. The Kier molecular flexibility index (Phi) is 3.14. The van der Waals surface area contributed by atoms with E-state index in [-0.39, 0.29) is 0 Å². The number of imidazole rings is 1. The maximum atomic E-state index is 9.13. The first kappa shape index (κ1) is 11.0. The molecule has 80 valence electrons. The van der Waals surface area contributed by atoms with Gasteiger partial charge in [0.05, 0.1) is 16.1 Å². The molecule has 1 atom stereocenters. The third-order valence-electron chi connectivity index (χ3n) is 2.20. The molecule has 5 heteroatoms. The molecule has 1 aromatic heterocycles. The van der Waals surface area contributed by atoms with Crippen LogP contribution >= 0.6 is 23.2 Å². The lowest BCUT2D eigenvalue weighted by atomic mass is 10.0. The largest absolute Gasteiger partial charge is 0.347 e. The Balaban J connectivity index is 2.43. The zero-order valence-electron chi connectivity index (χ0n) is 8.11. The van der Waals surface area contributed by atoms with Gasteiger partial charge in [-0.2, -0.15) is 5.26 Å². The third-order valence-corrected chi connectivity index (χ3v) is 2.94. The van der Waals surface area contributed by atoms with Crippen LogP contribution < -0.4 is 0 Å². The number of nitrogens with zero attached hydrogens (tertiary/aromatic N) is 2. The second kappa shape index (κ2) is 4.56. The molecule has 0 fully saturated rings. The van der Waals surface area contributed by atoms with Crippen LogP contribution in [0.25, 0.3) is 0 Å². The molecule has 1 unspecified atom stereocenters. The molecule has 2 rings (SSSR count). The van der Waals surface area contributed by atoms with Gasteiger partial charge in [0.1, 0.15) is 11.7 Å². The Morgan fingerprint density at radius 2 is 2.12 bits per heavy atom. The molecule has 0 saturated carbocycles. The van der Waals surface area contributed by atoms with E-state index < -0.39 is 5.92 Å². The van der Waals surface area contributed by atoms with Crippen LogP contribution in [0.4, 0.5) is 0 Å². The summed E-state index contributed by atoms with van der Waals surface area (Å²) in [5.41, 5.74) is 0.770. The van der Waals surface area contributed by atoms with Gasteiger partial charge in [0.2, 0.25) is 0 Å². The molecule has 0 aliphatic heterocycles. The number of hydrogen-bond donors (Lipinski definition) is 1. The number of nitriles is 1. The summed E-state index contributed by atoms with van der Waals surface area (Å²) in [4.78, 5) is 6.97. The summed E-state index contributed by atoms with van der Waals surface area (Å²) in [6.07, 6.45) is 3.29. The number of hydrogen-bond acceptors (Lipinski definition) is 2. The van der Waals surface area contributed by atoms with Crippen LogP contribution in [0.3, 0.4) is 0 Å². The summed E-state index contributed by atoms with van der Waals surface area (Å²) in [5.74, 6) is 0.144. The number of benzene rings is 1. The van der Waals surface area contributed by atoms with E-state index in [9.17, 15) is 0 Å². The van der Waals surface area contributed by atoms with Crippen molar-refractivity contribution in [3.8, 4) is 6.07 Å². The number of halogens is 2. The molecule has 16 heavy (non-hydrogen) atoms. The molecule has 0 radical (unpaired) electrons. The van der Waals surface area contributed by atoms with Crippen molar-refractivity contribution in [3.63, 3.8) is 0 Å². The van der Waals surface area contributed by atoms with Gasteiger partial charge in [-0.25, -0.2) is 4.98 Å². The molecule has 1 aromatic carbocycles. The molecular formula is C11H7Cl2N3. The summed E-state index contributed by atoms with van der Waals surface area (Å²) in [7, 11) is 0. The minimum Gasteiger partial charge on any atom is -0.347 e. The first-order chi connectivity index (χ1) is 7.72. The maximum Gasteiger partial charge on any atom is 0.129 e. The lowest BCUT2D eigenvalue weighted by Crippen LogP contribution is -2.00. The fourth-order valence-corrected chi connectivity index (χ4v) is 1.73. The van der Waals surface area contributed by atoms with Crippen LogP contribution in [0, 0.1) is 11.3 Å². The highest BCUT2D eigenvalue weighted by molar-refractivity contribution is 6.42. The van der Waals surface area contributed by atoms with Gasteiger partial charge >= 0.3 is 0 Å². The highest BCUT2D eigenvalue weighted by Gasteiger charge is 2.16. The normalized spacial score (nSPS) is 12.1. The van der Waals surface area contributed by atoms with Gasteiger partial charge in [-0.1, -0.05) is 29.3 Å². The van der Waals surface area contributed by atoms with Gasteiger partial charge in [0.15, 0.2) is 0 Å². The lowest BCUT2D eigenvalue weighted by molar-refractivity contribution is 0.927. The lowest BCUT2D eigenvalue weighted by Gasteiger charge is -2.07. The van der Waals surface area contributed by atoms with E-state index in [1.165, 1.54) is 0 Å². The van der Waals surface area contributed by atoms with Gasteiger partial charge in [-0.05, 0) is 17.7 Å². The molecule has 0 bridgehead atoms. The number of aromatic nitrogens is 2. The zero-order chi connectivity index (χ0) is 11.5. The summed E-state index contributed by atoms with van der Waals surface area (Å²) in [6, 6.07) is 7.29. The predicted octanol–water partition coefficient (Wildman–Crippen LogP) is 3.37. The fraction of sp³-hybridized carbons (Fsp3) is 0.0909. The Hall–Kier alpha value is -1.50. The fourth-order valence-electron chi connectivity index (χ4n) is 1.42. The first-order valence-corrected chi connectivity index (χ1v) is 5.32. The molecule has 0 aliphatic rings. The Morgan fingerprint density at radius 1 is 1.31 bits per heavy atom. The Morgan fingerprint density at radius 3 is 2.69 bits per heavy atom. The van der Waals surface area contributed by atoms with Crippen molar-refractivity contribution in [2.45, 2.75) is 5.92 Å². The quantitative estimate of drug-likeness (QED) is 0.890. The Labute approximate surface area is 103 Å². The van der Waals surface area contributed by atoms with Gasteiger partial charge in [0, 0.05) is 12.4 Å². The van der Waals surface area contributed by atoms with E-state index >= 15 is 0 Å². The second-order valence-corrected chi connectivity index (χ2v) is 4.02. The monoisotopic (exact) mass is 251 g/mol. The standard InChI is InChI=1S/C11H7Cl2N3/c12-9-2-1-7(5-10(9)13)8(6-14)11-15-3-4-16-11/h1-5,8H,(H,15,16). The smallest absolute Gasteiger partial charge is 0.129 e. The molecular weight excluding hydrogens is 245 g/mol. The molecule has 0 amide bonds. The van der Waals surface area contributed by atoms with Crippen molar-refractivity contribution in [1.29, 1.82) is 5.26 Å². The van der Waals surface area contributed by atoms with Crippen molar-refractivity contribution in [2.75, 3.05) is 0 Å². The van der Waals surface area contributed by atoms with Gasteiger partial charge < -0.3 is 4.98 Å². The highest BCUT2D eigenvalue weighted by atomic mass is 35.5. The average molecular weight is 252 g/mol. The first-order valence-electron chi connectivity index (χ1n) is 4.56. The SMILES string of the molecule is N#CC(c1ccc(Cl)c(Cl)c1)c1ncc[nH]1. The number of aromatic amines is 1. The Bertz CT molecular complexity index is 529. The summed E-state index contributed by atoms with van der Waals surface area (Å²) >= 11 is 11.7. The second-order valence-electron chi connectivity index (χ2n) is 3.21. The molecule has 0 aliphatic carbocycles. The average Bonchev–Trinajstić information content (AvgIpc) is 2.78. The zero-order valence-corrected chi connectivity index (χ0v) is 9.63. The van der Waals surface area contributed by atoms with Crippen molar-refractivity contribution < 1.29 is 0 Å². The third kappa shape index (κ3) is 2.04. The van der Waals surface area contributed by atoms with Crippen LogP contribution in [-0.2, 0) is 0 Å². The van der Waals surface area contributed by atoms with Crippen LogP contribution in [0.5, 0.6) is 0 Å². The van der Waals surface area contributed by atoms with E-state index in [4.69, 9.17) is 28.5 Å². The molecule has 3 nitrogen and oxygen atoms in total. The molecule has 0 saturated heterocycles. The van der Waals surface area contributed by atoms with Crippen LogP contribution in [0.1, 0.15) is 17.3 Å².